The maximum Gasteiger partial charge on any atom is 0.321 e. The quantitative estimate of drug-likeness (QED) is 0.845. The molecule has 1 aliphatic heterocycles. The standard InChI is InChI=1S/C13H18FN3O/c1-15-12-3-2-8-17(9-12)13(18)16-11-6-4-10(14)5-7-11/h4-7,12,15H,2-3,8-9H2,1H3,(H,16,18)/t12-/m0/s1. The molecule has 1 fully saturated rings. The number of nitrogens with zero attached hydrogens (tertiary/aromatic N) is 1. The Kier molecular flexibility index (Phi) is 4.15. The fraction of sp³-hybridized carbons (Fsp3) is 0.462. The highest BCUT2D eigenvalue weighted by Crippen LogP contribution is 2.13. The molecule has 1 atom stereocenters. The van der Waals surface area contributed by atoms with Gasteiger partial charge >= 0.3 is 6.03 Å². The maximum atomic E-state index is 12.7. The molecule has 18 heavy (non-hydrogen) atoms. The molecule has 4 nitrogen and oxygen atoms in total. The summed E-state index contributed by atoms with van der Waals surface area (Å²) < 4.78 is 12.7. The third kappa shape index (κ3) is 3.20. The molecule has 1 aromatic rings. The molecule has 0 bridgehead atoms. The first-order chi connectivity index (χ1) is 8.69. The van der Waals surface area contributed by atoms with Gasteiger partial charge in [0.15, 0.2) is 0 Å². The summed E-state index contributed by atoms with van der Waals surface area (Å²) in [5, 5.41) is 5.96. The minimum absolute atomic E-state index is 0.124. The molecule has 1 saturated heterocycles. The van der Waals surface area contributed by atoms with Crippen LogP contribution in [-0.2, 0) is 0 Å². The highest BCUT2D eigenvalue weighted by molar-refractivity contribution is 5.89. The van der Waals surface area contributed by atoms with Crippen LogP contribution in [0.1, 0.15) is 12.8 Å². The van der Waals surface area contributed by atoms with E-state index in [1.54, 1.807) is 17.0 Å². The van der Waals surface area contributed by atoms with E-state index in [0.717, 1.165) is 19.4 Å². The zero-order valence-electron chi connectivity index (χ0n) is 10.4. The van der Waals surface area contributed by atoms with Gasteiger partial charge in [-0.05, 0) is 44.2 Å². The van der Waals surface area contributed by atoms with E-state index in [-0.39, 0.29) is 11.8 Å². The van der Waals surface area contributed by atoms with Gasteiger partial charge in [0.25, 0.3) is 0 Å². The molecule has 5 heteroatoms. The van der Waals surface area contributed by atoms with E-state index in [4.69, 9.17) is 0 Å². The maximum absolute atomic E-state index is 12.7. The third-order valence-corrected chi connectivity index (χ3v) is 3.21. The van der Waals surface area contributed by atoms with Gasteiger partial charge in [-0.3, -0.25) is 0 Å². The Labute approximate surface area is 106 Å². The molecular weight excluding hydrogens is 233 g/mol. The number of carbonyl (C=O) groups excluding carboxylic acids is 1. The van der Waals surface area contributed by atoms with Crippen LogP contribution in [0.5, 0.6) is 0 Å². The monoisotopic (exact) mass is 251 g/mol. The smallest absolute Gasteiger partial charge is 0.321 e. The van der Waals surface area contributed by atoms with E-state index < -0.39 is 0 Å². The van der Waals surface area contributed by atoms with Gasteiger partial charge in [0.2, 0.25) is 0 Å². The van der Waals surface area contributed by atoms with Crippen LogP contribution in [0.3, 0.4) is 0 Å². The van der Waals surface area contributed by atoms with E-state index in [9.17, 15) is 9.18 Å². The van der Waals surface area contributed by atoms with Gasteiger partial charge in [-0.25, -0.2) is 9.18 Å². The first-order valence-corrected chi connectivity index (χ1v) is 6.18. The first-order valence-electron chi connectivity index (χ1n) is 6.18. The average Bonchev–Trinajstić information content (AvgIpc) is 2.41. The van der Waals surface area contributed by atoms with Crippen molar-refractivity contribution in [3.8, 4) is 0 Å². The summed E-state index contributed by atoms with van der Waals surface area (Å²) >= 11 is 0. The molecule has 2 amide bonds. The highest BCUT2D eigenvalue weighted by Gasteiger charge is 2.22. The van der Waals surface area contributed by atoms with Crippen LogP contribution < -0.4 is 10.6 Å². The highest BCUT2D eigenvalue weighted by atomic mass is 19.1. The molecule has 0 radical (unpaired) electrons. The van der Waals surface area contributed by atoms with Crippen molar-refractivity contribution in [3.05, 3.63) is 30.1 Å². The SMILES string of the molecule is CN[C@H]1CCCN(C(=O)Nc2ccc(F)cc2)C1. The van der Waals surface area contributed by atoms with Crippen molar-refractivity contribution in [1.82, 2.24) is 10.2 Å². The number of hydrogen-bond donors (Lipinski definition) is 2. The second kappa shape index (κ2) is 5.82. The first kappa shape index (κ1) is 12.8. The molecule has 0 aromatic heterocycles. The van der Waals surface area contributed by atoms with Crippen molar-refractivity contribution in [2.24, 2.45) is 0 Å². The van der Waals surface area contributed by atoms with Crippen LogP contribution in [0.4, 0.5) is 14.9 Å². The van der Waals surface area contributed by atoms with Crippen LogP contribution in [0.2, 0.25) is 0 Å². The van der Waals surface area contributed by atoms with E-state index in [1.165, 1.54) is 12.1 Å². The second-order valence-corrected chi connectivity index (χ2v) is 4.51. The van der Waals surface area contributed by atoms with Gasteiger partial charge in [-0.2, -0.15) is 0 Å². The summed E-state index contributed by atoms with van der Waals surface area (Å²) in [6.07, 6.45) is 2.10. The Bertz CT molecular complexity index is 407. The van der Waals surface area contributed by atoms with Gasteiger partial charge in [0.05, 0.1) is 0 Å². The number of urea groups is 1. The fourth-order valence-electron chi connectivity index (χ4n) is 2.13. The molecule has 2 rings (SSSR count). The number of rotatable bonds is 2. The fourth-order valence-corrected chi connectivity index (χ4v) is 2.13. The Balaban J connectivity index is 1.93. The van der Waals surface area contributed by atoms with E-state index in [0.29, 0.717) is 18.3 Å². The Hall–Kier alpha value is -1.62. The summed E-state index contributed by atoms with van der Waals surface area (Å²) in [4.78, 5) is 13.8. The number of benzene rings is 1. The van der Waals surface area contributed by atoms with Crippen molar-refractivity contribution in [1.29, 1.82) is 0 Å². The van der Waals surface area contributed by atoms with Gasteiger partial charge in [0.1, 0.15) is 5.82 Å². The van der Waals surface area contributed by atoms with Crippen molar-refractivity contribution in [3.63, 3.8) is 0 Å². The third-order valence-electron chi connectivity index (χ3n) is 3.21. The molecule has 98 valence electrons. The van der Waals surface area contributed by atoms with Crippen molar-refractivity contribution >= 4 is 11.7 Å². The molecule has 1 aliphatic rings. The lowest BCUT2D eigenvalue weighted by Crippen LogP contribution is -2.48. The molecule has 0 aliphatic carbocycles. The van der Waals surface area contributed by atoms with Crippen molar-refractivity contribution in [2.75, 3.05) is 25.5 Å². The number of nitrogens with one attached hydrogen (secondary N) is 2. The number of likely N-dealkylation sites (N-methyl/N-ethyl adjacent to an activating group) is 1. The number of anilines is 1. The summed E-state index contributed by atoms with van der Waals surface area (Å²) in [5.74, 6) is -0.304. The molecule has 0 saturated carbocycles. The number of hydrogen-bond acceptors (Lipinski definition) is 2. The molecule has 0 spiro atoms. The number of likely N-dealkylation sites (tertiary alicyclic amines) is 1. The minimum atomic E-state index is -0.304. The zero-order valence-corrected chi connectivity index (χ0v) is 10.4. The van der Waals surface area contributed by atoms with Crippen LogP contribution >= 0.6 is 0 Å². The molecular formula is C13H18FN3O. The van der Waals surface area contributed by atoms with E-state index in [2.05, 4.69) is 10.6 Å². The predicted octanol–water partition coefficient (Wildman–Crippen LogP) is 2.04. The number of piperidine rings is 1. The number of halogens is 1. The second-order valence-electron chi connectivity index (χ2n) is 4.51. The molecule has 0 unspecified atom stereocenters. The number of carbonyl (C=O) groups is 1. The zero-order chi connectivity index (χ0) is 13.0. The van der Waals surface area contributed by atoms with Gasteiger partial charge < -0.3 is 15.5 Å². The summed E-state index contributed by atoms with van der Waals surface area (Å²) in [6, 6.07) is 6.03. The topological polar surface area (TPSA) is 44.4 Å². The summed E-state index contributed by atoms with van der Waals surface area (Å²) in [5.41, 5.74) is 0.619. The van der Waals surface area contributed by atoms with Crippen LogP contribution in [0.25, 0.3) is 0 Å². The van der Waals surface area contributed by atoms with Crippen LogP contribution in [0.15, 0.2) is 24.3 Å². The van der Waals surface area contributed by atoms with Crippen molar-refractivity contribution in [2.45, 2.75) is 18.9 Å². The largest absolute Gasteiger partial charge is 0.323 e. The Morgan fingerprint density at radius 3 is 2.78 bits per heavy atom. The molecule has 1 aromatic carbocycles. The van der Waals surface area contributed by atoms with Crippen LogP contribution in [0, 0.1) is 5.82 Å². The molecule has 1 heterocycles. The average molecular weight is 251 g/mol. The molecule has 2 N–H and O–H groups in total. The van der Waals surface area contributed by atoms with E-state index in [1.807, 2.05) is 7.05 Å². The lowest BCUT2D eigenvalue weighted by molar-refractivity contribution is 0.187. The Morgan fingerprint density at radius 1 is 1.39 bits per heavy atom. The summed E-state index contributed by atoms with van der Waals surface area (Å²) in [6.45, 7) is 1.48. The van der Waals surface area contributed by atoms with Gasteiger partial charge in [0, 0.05) is 24.8 Å². The summed E-state index contributed by atoms with van der Waals surface area (Å²) in [7, 11) is 1.91. The van der Waals surface area contributed by atoms with Crippen LogP contribution in [-0.4, -0.2) is 37.1 Å². The Morgan fingerprint density at radius 2 is 2.11 bits per heavy atom. The number of amides is 2. The predicted molar refractivity (Wildman–Crippen MR) is 69.1 cm³/mol. The lowest BCUT2D eigenvalue weighted by Gasteiger charge is -2.32. The minimum Gasteiger partial charge on any atom is -0.323 e. The van der Waals surface area contributed by atoms with Crippen molar-refractivity contribution < 1.29 is 9.18 Å². The lowest BCUT2D eigenvalue weighted by atomic mass is 10.1. The van der Waals surface area contributed by atoms with Gasteiger partial charge in [-0.1, -0.05) is 0 Å². The van der Waals surface area contributed by atoms with E-state index >= 15 is 0 Å². The van der Waals surface area contributed by atoms with Gasteiger partial charge in [-0.15, -0.1) is 0 Å². The normalized spacial score (nSPS) is 19.7.